The quantitative estimate of drug-likeness (QED) is 0.686. The van der Waals surface area contributed by atoms with E-state index in [0.29, 0.717) is 11.4 Å². The SMILES string of the molecule is O=C(O)N(c1ccccc1)c1ccc(N2CCN(c3ccc(O)cc3)CC2)cc1. The van der Waals surface area contributed by atoms with Crippen molar-refractivity contribution in [2.24, 2.45) is 0 Å². The van der Waals surface area contributed by atoms with Crippen LogP contribution in [0.1, 0.15) is 0 Å². The smallest absolute Gasteiger partial charge is 0.416 e. The average Bonchev–Trinajstić information content (AvgIpc) is 2.76. The van der Waals surface area contributed by atoms with Crippen molar-refractivity contribution in [2.45, 2.75) is 0 Å². The van der Waals surface area contributed by atoms with Crippen molar-refractivity contribution in [3.8, 4) is 5.75 Å². The van der Waals surface area contributed by atoms with Gasteiger partial charge in [-0.2, -0.15) is 0 Å². The molecule has 6 nitrogen and oxygen atoms in total. The van der Waals surface area contributed by atoms with E-state index in [1.807, 2.05) is 54.6 Å². The van der Waals surface area contributed by atoms with Gasteiger partial charge >= 0.3 is 6.09 Å². The zero-order valence-corrected chi connectivity index (χ0v) is 16.0. The lowest BCUT2D eigenvalue weighted by molar-refractivity contribution is 0.205. The summed E-state index contributed by atoms with van der Waals surface area (Å²) in [6.45, 7) is 3.53. The number of phenolic OH excluding ortho intramolecular Hbond substituents is 1. The molecule has 0 atom stereocenters. The van der Waals surface area contributed by atoms with Gasteiger partial charge in [0.2, 0.25) is 0 Å². The van der Waals surface area contributed by atoms with E-state index < -0.39 is 6.09 Å². The Labute approximate surface area is 169 Å². The zero-order valence-electron chi connectivity index (χ0n) is 16.0. The van der Waals surface area contributed by atoms with Gasteiger partial charge in [0, 0.05) is 37.6 Å². The van der Waals surface area contributed by atoms with Gasteiger partial charge in [0.15, 0.2) is 0 Å². The third-order valence-corrected chi connectivity index (χ3v) is 5.17. The van der Waals surface area contributed by atoms with Crippen molar-refractivity contribution in [2.75, 3.05) is 40.9 Å². The lowest BCUT2D eigenvalue weighted by Gasteiger charge is -2.37. The Bertz CT molecular complexity index is 951. The van der Waals surface area contributed by atoms with Crippen LogP contribution in [0.2, 0.25) is 0 Å². The first-order valence-corrected chi connectivity index (χ1v) is 9.59. The molecule has 0 unspecified atom stereocenters. The maximum atomic E-state index is 11.8. The van der Waals surface area contributed by atoms with Gasteiger partial charge in [-0.15, -0.1) is 0 Å². The van der Waals surface area contributed by atoms with Crippen LogP contribution in [0.4, 0.5) is 27.5 Å². The molecule has 0 aromatic heterocycles. The fourth-order valence-corrected chi connectivity index (χ4v) is 3.65. The molecule has 1 heterocycles. The molecular formula is C23H23N3O3. The number of rotatable bonds is 4. The minimum Gasteiger partial charge on any atom is -0.508 e. The summed E-state index contributed by atoms with van der Waals surface area (Å²) in [5.74, 6) is 0.276. The van der Waals surface area contributed by atoms with Crippen LogP contribution < -0.4 is 14.7 Å². The average molecular weight is 389 g/mol. The highest BCUT2D eigenvalue weighted by Gasteiger charge is 2.20. The molecule has 4 rings (SSSR count). The van der Waals surface area contributed by atoms with E-state index in [1.54, 1.807) is 24.3 Å². The van der Waals surface area contributed by atoms with Crippen LogP contribution >= 0.6 is 0 Å². The van der Waals surface area contributed by atoms with Crippen LogP contribution in [-0.2, 0) is 0 Å². The molecular weight excluding hydrogens is 366 g/mol. The molecule has 148 valence electrons. The van der Waals surface area contributed by atoms with E-state index in [0.717, 1.165) is 37.6 Å². The van der Waals surface area contributed by atoms with Gasteiger partial charge in [0.1, 0.15) is 5.75 Å². The number of hydrogen-bond acceptors (Lipinski definition) is 4. The summed E-state index contributed by atoms with van der Waals surface area (Å²) >= 11 is 0. The second kappa shape index (κ2) is 8.14. The predicted molar refractivity (Wildman–Crippen MR) is 116 cm³/mol. The van der Waals surface area contributed by atoms with Crippen molar-refractivity contribution in [3.63, 3.8) is 0 Å². The summed E-state index contributed by atoms with van der Waals surface area (Å²) in [4.78, 5) is 17.7. The number of aromatic hydroxyl groups is 1. The monoisotopic (exact) mass is 389 g/mol. The molecule has 3 aromatic rings. The van der Waals surface area contributed by atoms with Crippen molar-refractivity contribution in [1.82, 2.24) is 0 Å². The summed E-state index contributed by atoms with van der Waals surface area (Å²) in [5.41, 5.74) is 3.43. The second-order valence-electron chi connectivity index (χ2n) is 6.96. The third-order valence-electron chi connectivity index (χ3n) is 5.17. The number of piperazine rings is 1. The molecule has 1 saturated heterocycles. The van der Waals surface area contributed by atoms with Crippen LogP contribution in [0.3, 0.4) is 0 Å². The summed E-state index contributed by atoms with van der Waals surface area (Å²) in [5, 5.41) is 19.1. The Morgan fingerprint density at radius 3 is 1.62 bits per heavy atom. The molecule has 0 aliphatic carbocycles. The largest absolute Gasteiger partial charge is 0.508 e. The predicted octanol–water partition coefficient (Wildman–Crippen LogP) is 4.53. The van der Waals surface area contributed by atoms with Crippen molar-refractivity contribution in [3.05, 3.63) is 78.9 Å². The van der Waals surface area contributed by atoms with Gasteiger partial charge in [0.05, 0.1) is 11.4 Å². The van der Waals surface area contributed by atoms with Crippen LogP contribution in [0, 0.1) is 0 Å². The minimum atomic E-state index is -1.01. The number of para-hydroxylation sites is 1. The summed E-state index contributed by atoms with van der Waals surface area (Å²) in [7, 11) is 0. The normalized spacial score (nSPS) is 13.9. The maximum absolute atomic E-state index is 11.8. The van der Waals surface area contributed by atoms with Crippen molar-refractivity contribution >= 4 is 28.8 Å². The molecule has 1 aliphatic rings. The number of carboxylic acid groups (broad SMARTS) is 1. The molecule has 1 aliphatic heterocycles. The highest BCUT2D eigenvalue weighted by Crippen LogP contribution is 2.28. The topological polar surface area (TPSA) is 67.2 Å². The van der Waals surface area contributed by atoms with E-state index in [1.165, 1.54) is 4.90 Å². The summed E-state index contributed by atoms with van der Waals surface area (Å²) in [6.07, 6.45) is -1.01. The molecule has 1 fully saturated rings. The first-order chi connectivity index (χ1) is 14.1. The Morgan fingerprint density at radius 2 is 1.14 bits per heavy atom. The van der Waals surface area contributed by atoms with Crippen LogP contribution in [0.25, 0.3) is 0 Å². The molecule has 29 heavy (non-hydrogen) atoms. The molecule has 6 heteroatoms. The number of hydrogen-bond donors (Lipinski definition) is 2. The van der Waals surface area contributed by atoms with Gasteiger partial charge in [0.25, 0.3) is 0 Å². The van der Waals surface area contributed by atoms with Gasteiger partial charge in [-0.25, -0.2) is 9.69 Å². The van der Waals surface area contributed by atoms with Crippen molar-refractivity contribution < 1.29 is 15.0 Å². The van der Waals surface area contributed by atoms with E-state index in [-0.39, 0.29) is 5.75 Å². The number of phenols is 1. The van der Waals surface area contributed by atoms with E-state index in [2.05, 4.69) is 9.80 Å². The molecule has 2 N–H and O–H groups in total. The molecule has 1 amide bonds. The molecule has 3 aromatic carbocycles. The lowest BCUT2D eigenvalue weighted by atomic mass is 10.2. The van der Waals surface area contributed by atoms with E-state index in [4.69, 9.17) is 0 Å². The van der Waals surface area contributed by atoms with Gasteiger partial charge in [-0.05, 0) is 60.7 Å². The second-order valence-corrected chi connectivity index (χ2v) is 6.96. The van der Waals surface area contributed by atoms with Crippen LogP contribution in [0.15, 0.2) is 78.9 Å². The Kier molecular flexibility index (Phi) is 5.24. The Hall–Kier alpha value is -3.67. The van der Waals surface area contributed by atoms with Gasteiger partial charge in [-0.3, -0.25) is 0 Å². The third kappa shape index (κ3) is 4.11. The van der Waals surface area contributed by atoms with Gasteiger partial charge in [-0.1, -0.05) is 18.2 Å². The molecule has 0 radical (unpaired) electrons. The molecule has 0 saturated carbocycles. The number of nitrogens with zero attached hydrogens (tertiary/aromatic N) is 3. The zero-order chi connectivity index (χ0) is 20.2. The summed E-state index contributed by atoms with van der Waals surface area (Å²) < 4.78 is 0. The fraction of sp³-hybridized carbons (Fsp3) is 0.174. The Balaban J connectivity index is 1.44. The standard InChI is InChI=1S/C23H23N3O3/c27-22-12-10-19(11-13-22)25-16-14-24(15-17-25)18-6-8-21(9-7-18)26(23(28)29)20-4-2-1-3-5-20/h1-13,27H,14-17H2,(H,28,29). The molecule has 0 bridgehead atoms. The van der Waals surface area contributed by atoms with E-state index >= 15 is 0 Å². The van der Waals surface area contributed by atoms with Crippen LogP contribution in [0.5, 0.6) is 5.75 Å². The first kappa shape index (κ1) is 18.7. The minimum absolute atomic E-state index is 0.276. The highest BCUT2D eigenvalue weighted by atomic mass is 16.4. The maximum Gasteiger partial charge on any atom is 0.416 e. The van der Waals surface area contributed by atoms with Crippen molar-refractivity contribution in [1.29, 1.82) is 0 Å². The molecule has 0 spiro atoms. The van der Waals surface area contributed by atoms with Gasteiger partial charge < -0.3 is 20.0 Å². The lowest BCUT2D eigenvalue weighted by Crippen LogP contribution is -2.46. The number of carbonyl (C=O) groups is 1. The van der Waals surface area contributed by atoms with E-state index in [9.17, 15) is 15.0 Å². The first-order valence-electron chi connectivity index (χ1n) is 9.59. The fourth-order valence-electron chi connectivity index (χ4n) is 3.65. The Morgan fingerprint density at radius 1 is 0.690 bits per heavy atom. The summed E-state index contributed by atoms with van der Waals surface area (Å²) in [6, 6.07) is 24.0. The highest BCUT2D eigenvalue weighted by molar-refractivity contribution is 5.94. The number of anilines is 4. The van der Waals surface area contributed by atoms with Crippen LogP contribution in [-0.4, -0.2) is 42.5 Å². The number of amides is 1. The number of benzene rings is 3.